The van der Waals surface area contributed by atoms with Crippen molar-refractivity contribution >= 4 is 11.8 Å². The summed E-state index contributed by atoms with van der Waals surface area (Å²) >= 11 is 0. The average molecular weight is 378 g/mol. The Bertz CT molecular complexity index is 915. The molecule has 0 aliphatic carbocycles. The topological polar surface area (TPSA) is 68.3 Å². The van der Waals surface area contributed by atoms with Crippen LogP contribution in [0.5, 0.6) is 11.5 Å². The van der Waals surface area contributed by atoms with Crippen LogP contribution in [-0.4, -0.2) is 30.7 Å². The van der Waals surface area contributed by atoms with E-state index in [4.69, 9.17) is 9.47 Å². The number of methoxy groups -OCH3 is 2. The molecule has 28 heavy (non-hydrogen) atoms. The molecule has 0 unspecified atom stereocenters. The second-order valence-electron chi connectivity index (χ2n) is 6.47. The van der Waals surface area contributed by atoms with Crippen LogP contribution in [0, 0.1) is 6.92 Å². The zero-order valence-corrected chi connectivity index (χ0v) is 16.5. The summed E-state index contributed by atoms with van der Waals surface area (Å²) in [6.45, 7) is 3.54. The number of anilines is 2. The molecule has 3 aromatic rings. The zero-order valence-electron chi connectivity index (χ0n) is 16.5. The van der Waals surface area contributed by atoms with E-state index in [2.05, 4.69) is 51.8 Å². The Morgan fingerprint density at radius 2 is 1.75 bits per heavy atom. The number of nitrogens with zero attached hydrogens (tertiary/aromatic N) is 2. The molecule has 0 saturated heterocycles. The first-order valence-corrected chi connectivity index (χ1v) is 9.25. The van der Waals surface area contributed by atoms with Crippen molar-refractivity contribution in [3.8, 4) is 11.5 Å². The average Bonchev–Trinajstić information content (AvgIpc) is 2.72. The number of aromatic nitrogens is 2. The van der Waals surface area contributed by atoms with Crippen molar-refractivity contribution in [2.75, 3.05) is 31.4 Å². The van der Waals surface area contributed by atoms with Crippen LogP contribution in [0.3, 0.4) is 0 Å². The second kappa shape index (κ2) is 9.60. The maximum absolute atomic E-state index is 5.35. The first-order valence-electron chi connectivity index (χ1n) is 9.25. The highest BCUT2D eigenvalue weighted by Gasteiger charge is 2.05. The molecule has 2 aromatic carbocycles. The van der Waals surface area contributed by atoms with Crippen molar-refractivity contribution in [3.05, 3.63) is 71.4 Å². The highest BCUT2D eigenvalue weighted by molar-refractivity contribution is 5.44. The monoisotopic (exact) mass is 378 g/mol. The van der Waals surface area contributed by atoms with Crippen LogP contribution in [-0.2, 0) is 13.0 Å². The lowest BCUT2D eigenvalue weighted by Crippen LogP contribution is -2.09. The first kappa shape index (κ1) is 19.5. The molecule has 0 fully saturated rings. The normalized spacial score (nSPS) is 10.4. The molecule has 1 heterocycles. The lowest BCUT2D eigenvalue weighted by atomic mass is 10.1. The number of hydrogen-bond acceptors (Lipinski definition) is 6. The minimum absolute atomic E-state index is 0.606. The third-order valence-corrected chi connectivity index (χ3v) is 4.36. The van der Waals surface area contributed by atoms with Gasteiger partial charge in [0.15, 0.2) is 11.5 Å². The molecule has 2 N–H and O–H groups in total. The number of nitrogens with one attached hydrogen (secondary N) is 2. The van der Waals surface area contributed by atoms with E-state index in [1.807, 2.05) is 24.3 Å². The van der Waals surface area contributed by atoms with Gasteiger partial charge in [0.2, 0.25) is 5.95 Å². The first-order chi connectivity index (χ1) is 13.7. The molecular formula is C22H26N4O2. The van der Waals surface area contributed by atoms with E-state index in [1.54, 1.807) is 20.4 Å². The molecule has 3 rings (SSSR count). The smallest absolute Gasteiger partial charge is 0.224 e. The molecule has 0 aliphatic rings. The van der Waals surface area contributed by atoms with Crippen LogP contribution in [0.15, 0.2) is 54.7 Å². The van der Waals surface area contributed by atoms with Crippen molar-refractivity contribution in [2.24, 2.45) is 0 Å². The minimum atomic E-state index is 0.606. The third-order valence-electron chi connectivity index (χ3n) is 4.36. The SMILES string of the molecule is COc1ccc(CCNc2nccc(NCc3cccc(C)c3)n2)cc1OC. The molecule has 0 radical (unpaired) electrons. The minimum Gasteiger partial charge on any atom is -0.493 e. The lowest BCUT2D eigenvalue weighted by molar-refractivity contribution is 0.354. The Morgan fingerprint density at radius 1 is 0.893 bits per heavy atom. The van der Waals surface area contributed by atoms with E-state index in [1.165, 1.54) is 11.1 Å². The van der Waals surface area contributed by atoms with Gasteiger partial charge < -0.3 is 20.1 Å². The fourth-order valence-electron chi connectivity index (χ4n) is 2.91. The fourth-order valence-corrected chi connectivity index (χ4v) is 2.91. The van der Waals surface area contributed by atoms with Gasteiger partial charge in [0, 0.05) is 19.3 Å². The van der Waals surface area contributed by atoms with Gasteiger partial charge in [-0.15, -0.1) is 0 Å². The molecule has 0 saturated carbocycles. The second-order valence-corrected chi connectivity index (χ2v) is 6.47. The van der Waals surface area contributed by atoms with E-state index in [0.717, 1.165) is 42.4 Å². The highest BCUT2D eigenvalue weighted by atomic mass is 16.5. The van der Waals surface area contributed by atoms with Gasteiger partial charge in [-0.05, 0) is 42.7 Å². The van der Waals surface area contributed by atoms with E-state index in [0.29, 0.717) is 5.95 Å². The molecule has 0 aliphatic heterocycles. The van der Waals surface area contributed by atoms with E-state index in [9.17, 15) is 0 Å². The van der Waals surface area contributed by atoms with Gasteiger partial charge in [0.25, 0.3) is 0 Å². The van der Waals surface area contributed by atoms with Gasteiger partial charge in [0.1, 0.15) is 5.82 Å². The van der Waals surface area contributed by atoms with Crippen LogP contribution in [0.25, 0.3) is 0 Å². The zero-order chi connectivity index (χ0) is 19.8. The van der Waals surface area contributed by atoms with Crippen molar-refractivity contribution in [3.63, 3.8) is 0 Å². The van der Waals surface area contributed by atoms with E-state index >= 15 is 0 Å². The van der Waals surface area contributed by atoms with Gasteiger partial charge in [0.05, 0.1) is 14.2 Å². The Labute approximate surface area is 166 Å². The van der Waals surface area contributed by atoms with Crippen molar-refractivity contribution < 1.29 is 9.47 Å². The largest absolute Gasteiger partial charge is 0.493 e. The van der Waals surface area contributed by atoms with Gasteiger partial charge >= 0.3 is 0 Å². The summed E-state index contributed by atoms with van der Waals surface area (Å²) in [4.78, 5) is 8.82. The van der Waals surface area contributed by atoms with Crippen LogP contribution in [0.1, 0.15) is 16.7 Å². The molecule has 6 heteroatoms. The maximum atomic E-state index is 5.35. The number of benzene rings is 2. The van der Waals surface area contributed by atoms with Gasteiger partial charge in [-0.1, -0.05) is 35.9 Å². The molecule has 0 spiro atoms. The summed E-state index contributed by atoms with van der Waals surface area (Å²) in [7, 11) is 3.28. The van der Waals surface area contributed by atoms with Crippen LogP contribution in [0.4, 0.5) is 11.8 Å². The summed E-state index contributed by atoms with van der Waals surface area (Å²) in [5.74, 6) is 2.87. The van der Waals surface area contributed by atoms with E-state index in [-0.39, 0.29) is 0 Å². The molecule has 1 aromatic heterocycles. The summed E-state index contributed by atoms with van der Waals surface area (Å²) < 4.78 is 10.6. The predicted octanol–water partition coefficient (Wildman–Crippen LogP) is 4.07. The number of ether oxygens (including phenoxy) is 2. The Balaban J connectivity index is 1.53. The number of rotatable bonds is 9. The standard InChI is InChI=1S/C22H26N4O2/c1-16-5-4-6-18(13-16)15-25-21-10-12-24-22(26-21)23-11-9-17-7-8-19(27-2)20(14-17)28-3/h4-8,10,12-14H,9,11,15H2,1-3H3,(H2,23,24,25,26). The molecule has 0 bridgehead atoms. The van der Waals surface area contributed by atoms with Crippen LogP contribution in [0.2, 0.25) is 0 Å². The summed E-state index contributed by atoms with van der Waals surface area (Å²) in [6.07, 6.45) is 2.58. The molecule has 146 valence electrons. The Morgan fingerprint density at radius 3 is 2.54 bits per heavy atom. The quantitative estimate of drug-likeness (QED) is 0.585. The van der Waals surface area contributed by atoms with Crippen molar-refractivity contribution in [1.29, 1.82) is 0 Å². The van der Waals surface area contributed by atoms with Gasteiger partial charge in [-0.25, -0.2) is 4.98 Å². The molecule has 0 amide bonds. The van der Waals surface area contributed by atoms with E-state index < -0.39 is 0 Å². The van der Waals surface area contributed by atoms with Crippen molar-refractivity contribution in [1.82, 2.24) is 9.97 Å². The summed E-state index contributed by atoms with van der Waals surface area (Å²) in [6, 6.07) is 16.2. The summed E-state index contributed by atoms with van der Waals surface area (Å²) in [5, 5.41) is 6.62. The van der Waals surface area contributed by atoms with Gasteiger partial charge in [-0.3, -0.25) is 0 Å². The Kier molecular flexibility index (Phi) is 6.68. The Hall–Kier alpha value is -3.28. The van der Waals surface area contributed by atoms with Crippen molar-refractivity contribution in [2.45, 2.75) is 19.9 Å². The lowest BCUT2D eigenvalue weighted by Gasteiger charge is -2.11. The third kappa shape index (κ3) is 5.36. The predicted molar refractivity (Wildman–Crippen MR) is 112 cm³/mol. The number of hydrogen-bond donors (Lipinski definition) is 2. The highest BCUT2D eigenvalue weighted by Crippen LogP contribution is 2.27. The number of aryl methyl sites for hydroxylation is 1. The van der Waals surface area contributed by atoms with Crippen LogP contribution < -0.4 is 20.1 Å². The molecular weight excluding hydrogens is 352 g/mol. The fraction of sp³-hybridized carbons (Fsp3) is 0.273. The molecule has 6 nitrogen and oxygen atoms in total. The van der Waals surface area contributed by atoms with Crippen LogP contribution >= 0.6 is 0 Å². The molecule has 0 atom stereocenters. The van der Waals surface area contributed by atoms with Gasteiger partial charge in [-0.2, -0.15) is 4.98 Å². The maximum Gasteiger partial charge on any atom is 0.224 e. The summed E-state index contributed by atoms with van der Waals surface area (Å²) in [5.41, 5.74) is 3.62.